The first-order chi connectivity index (χ1) is 15.7. The number of carbonyl (C=O) groups excluding carboxylic acids is 1. The lowest BCUT2D eigenvalue weighted by molar-refractivity contribution is -0.119. The Morgan fingerprint density at radius 1 is 1.21 bits per heavy atom. The molecule has 0 saturated heterocycles. The zero-order chi connectivity index (χ0) is 23.8. The summed E-state index contributed by atoms with van der Waals surface area (Å²) in [5.74, 6) is 1.27. The van der Waals surface area contributed by atoms with Crippen LogP contribution in [0.3, 0.4) is 0 Å². The Kier molecular flexibility index (Phi) is 6.09. The molecular weight excluding hydrogens is 440 g/mol. The van der Waals surface area contributed by atoms with Gasteiger partial charge in [-0.2, -0.15) is 5.26 Å². The van der Waals surface area contributed by atoms with Crippen LogP contribution in [0.25, 0.3) is 0 Å². The normalized spacial score (nSPS) is 19.5. The maximum absolute atomic E-state index is 13.2. The van der Waals surface area contributed by atoms with Crippen LogP contribution in [0, 0.1) is 16.7 Å². The highest BCUT2D eigenvalue weighted by molar-refractivity contribution is 6.30. The summed E-state index contributed by atoms with van der Waals surface area (Å²) >= 11 is 5.95. The molecule has 33 heavy (non-hydrogen) atoms. The van der Waals surface area contributed by atoms with Crippen molar-refractivity contribution in [3.63, 3.8) is 0 Å². The van der Waals surface area contributed by atoms with E-state index in [9.17, 15) is 10.1 Å². The van der Waals surface area contributed by atoms with Crippen molar-refractivity contribution in [3.05, 3.63) is 81.4 Å². The molecular formula is C26H25ClN2O4. The second-order valence-corrected chi connectivity index (χ2v) is 9.45. The maximum Gasteiger partial charge on any atom is 0.205 e. The van der Waals surface area contributed by atoms with E-state index in [0.29, 0.717) is 40.7 Å². The van der Waals surface area contributed by atoms with Gasteiger partial charge >= 0.3 is 0 Å². The molecule has 0 unspecified atom stereocenters. The highest BCUT2D eigenvalue weighted by Crippen LogP contribution is 2.48. The fraction of sp³-hybridized carbons (Fsp3) is 0.308. The van der Waals surface area contributed by atoms with E-state index < -0.39 is 5.92 Å². The number of Topliss-reactive ketones (excluding diaryl/α,β-unsaturated/α-hetero) is 1. The van der Waals surface area contributed by atoms with Crippen molar-refractivity contribution in [1.82, 2.24) is 0 Å². The standard InChI is InChI=1S/C26H25ClN2O4/c1-26(2)11-20(30)24-22(12-26)33-25(29)19(13-28)23(24)15-4-9-21(31-3)16(10-15)14-32-18-7-5-17(27)6-8-18/h4-10,23H,11-12,14,29H2,1-3H3/t23-/m0/s1. The summed E-state index contributed by atoms with van der Waals surface area (Å²) in [4.78, 5) is 13.2. The van der Waals surface area contributed by atoms with Gasteiger partial charge in [0.1, 0.15) is 35.5 Å². The molecule has 1 aliphatic heterocycles. The zero-order valence-electron chi connectivity index (χ0n) is 18.8. The minimum absolute atomic E-state index is 0.0266. The topological polar surface area (TPSA) is 94.6 Å². The quantitative estimate of drug-likeness (QED) is 0.638. The largest absolute Gasteiger partial charge is 0.496 e. The fourth-order valence-corrected chi connectivity index (χ4v) is 4.53. The van der Waals surface area contributed by atoms with Crippen molar-refractivity contribution in [2.24, 2.45) is 11.1 Å². The number of hydrogen-bond donors (Lipinski definition) is 1. The van der Waals surface area contributed by atoms with E-state index in [1.165, 1.54) is 0 Å². The van der Waals surface area contributed by atoms with E-state index in [4.69, 9.17) is 31.5 Å². The molecule has 6 nitrogen and oxygen atoms in total. The summed E-state index contributed by atoms with van der Waals surface area (Å²) in [7, 11) is 1.58. The highest BCUT2D eigenvalue weighted by Gasteiger charge is 2.43. The summed E-state index contributed by atoms with van der Waals surface area (Å²) in [5.41, 5.74) is 8.17. The Hall–Kier alpha value is -3.43. The number of nitrogens with zero attached hydrogens (tertiary/aromatic N) is 1. The average Bonchev–Trinajstić information content (AvgIpc) is 2.76. The van der Waals surface area contributed by atoms with Crippen LogP contribution in [0.5, 0.6) is 11.5 Å². The number of halogens is 1. The molecule has 0 amide bonds. The highest BCUT2D eigenvalue weighted by atomic mass is 35.5. The van der Waals surface area contributed by atoms with Crippen molar-refractivity contribution in [2.45, 2.75) is 39.2 Å². The number of allylic oxidation sites excluding steroid dienone is 3. The minimum Gasteiger partial charge on any atom is -0.496 e. The van der Waals surface area contributed by atoms with Crippen molar-refractivity contribution in [3.8, 4) is 17.6 Å². The first kappa shape index (κ1) is 22.8. The van der Waals surface area contributed by atoms with E-state index in [1.54, 1.807) is 31.4 Å². The van der Waals surface area contributed by atoms with Crippen LogP contribution in [-0.2, 0) is 16.1 Å². The first-order valence-corrected chi connectivity index (χ1v) is 11.0. The van der Waals surface area contributed by atoms with Crippen molar-refractivity contribution < 1.29 is 19.0 Å². The first-order valence-electron chi connectivity index (χ1n) is 10.6. The molecule has 1 atom stereocenters. The third kappa shape index (κ3) is 4.55. The number of ketones is 1. The minimum atomic E-state index is -0.595. The number of ether oxygens (including phenoxy) is 3. The van der Waals surface area contributed by atoms with Crippen LogP contribution in [0.15, 0.2) is 65.3 Å². The molecule has 0 spiro atoms. The molecule has 2 aromatic carbocycles. The van der Waals surface area contributed by atoms with Crippen molar-refractivity contribution in [1.29, 1.82) is 5.26 Å². The van der Waals surface area contributed by atoms with Gasteiger partial charge in [0.05, 0.1) is 13.0 Å². The molecule has 1 aliphatic carbocycles. The van der Waals surface area contributed by atoms with Crippen LogP contribution in [-0.4, -0.2) is 12.9 Å². The van der Waals surface area contributed by atoms with Gasteiger partial charge in [-0.1, -0.05) is 31.5 Å². The molecule has 0 radical (unpaired) electrons. The summed E-state index contributed by atoms with van der Waals surface area (Å²) in [6.45, 7) is 4.27. The molecule has 2 N–H and O–H groups in total. The number of hydrogen-bond acceptors (Lipinski definition) is 6. The number of carbonyl (C=O) groups is 1. The molecule has 2 aliphatic rings. The molecule has 0 bridgehead atoms. The van der Waals surface area contributed by atoms with E-state index in [0.717, 1.165) is 11.1 Å². The number of methoxy groups -OCH3 is 1. The summed E-state index contributed by atoms with van der Waals surface area (Å²) in [5, 5.41) is 10.5. The molecule has 4 rings (SSSR count). The Labute approximate surface area is 198 Å². The van der Waals surface area contributed by atoms with Gasteiger partial charge < -0.3 is 19.9 Å². The van der Waals surface area contributed by atoms with Gasteiger partial charge in [0.25, 0.3) is 0 Å². The molecule has 0 aromatic heterocycles. The van der Waals surface area contributed by atoms with E-state index in [2.05, 4.69) is 6.07 Å². The molecule has 170 valence electrons. The van der Waals surface area contributed by atoms with E-state index in [-0.39, 0.29) is 29.3 Å². The molecule has 1 heterocycles. The SMILES string of the molecule is COc1ccc([C@H]2C(C#N)=C(N)OC3=C2C(=O)CC(C)(C)C3)cc1COc1ccc(Cl)cc1. The van der Waals surface area contributed by atoms with Gasteiger partial charge in [-0.3, -0.25) is 4.79 Å². The smallest absolute Gasteiger partial charge is 0.205 e. The zero-order valence-corrected chi connectivity index (χ0v) is 19.5. The van der Waals surface area contributed by atoms with Gasteiger partial charge in [0.15, 0.2) is 5.78 Å². The van der Waals surface area contributed by atoms with Gasteiger partial charge in [0, 0.05) is 29.0 Å². The molecule has 7 heteroatoms. The third-order valence-electron chi connectivity index (χ3n) is 5.92. The second kappa shape index (κ2) is 8.84. The molecule has 0 saturated carbocycles. The molecule has 2 aromatic rings. The van der Waals surface area contributed by atoms with Gasteiger partial charge in [-0.25, -0.2) is 0 Å². The lowest BCUT2D eigenvalue weighted by Gasteiger charge is -2.37. The van der Waals surface area contributed by atoms with E-state index >= 15 is 0 Å². The average molecular weight is 465 g/mol. The second-order valence-electron chi connectivity index (χ2n) is 9.02. The number of nitriles is 1. The Morgan fingerprint density at radius 2 is 1.94 bits per heavy atom. The third-order valence-corrected chi connectivity index (χ3v) is 6.17. The Balaban J connectivity index is 1.74. The molecule has 0 fully saturated rings. The predicted molar refractivity (Wildman–Crippen MR) is 124 cm³/mol. The summed E-state index contributed by atoms with van der Waals surface area (Å²) in [6.07, 6.45) is 0.958. The number of nitrogens with two attached hydrogens (primary N) is 1. The van der Waals surface area contributed by atoms with Gasteiger partial charge in [-0.05, 0) is 47.4 Å². The lowest BCUT2D eigenvalue weighted by atomic mass is 9.70. The fourth-order valence-electron chi connectivity index (χ4n) is 4.40. The van der Waals surface area contributed by atoms with Gasteiger partial charge in [-0.15, -0.1) is 0 Å². The van der Waals surface area contributed by atoms with Crippen LogP contribution >= 0.6 is 11.6 Å². The van der Waals surface area contributed by atoms with Crippen molar-refractivity contribution in [2.75, 3.05) is 7.11 Å². The lowest BCUT2D eigenvalue weighted by Crippen LogP contribution is -2.33. The van der Waals surface area contributed by atoms with Gasteiger partial charge in [0.2, 0.25) is 5.88 Å². The number of rotatable bonds is 5. The van der Waals surface area contributed by atoms with Crippen molar-refractivity contribution >= 4 is 17.4 Å². The van der Waals surface area contributed by atoms with Crippen LogP contribution in [0.1, 0.15) is 43.7 Å². The maximum atomic E-state index is 13.2. The van der Waals surface area contributed by atoms with Crippen LogP contribution in [0.4, 0.5) is 0 Å². The van der Waals surface area contributed by atoms with Crippen LogP contribution in [0.2, 0.25) is 5.02 Å². The Bertz CT molecular complexity index is 1210. The monoisotopic (exact) mass is 464 g/mol. The summed E-state index contributed by atoms with van der Waals surface area (Å²) < 4.78 is 17.2. The Morgan fingerprint density at radius 3 is 2.61 bits per heavy atom. The van der Waals surface area contributed by atoms with E-state index in [1.807, 2.05) is 32.0 Å². The number of benzene rings is 2. The summed E-state index contributed by atoms with van der Waals surface area (Å²) in [6, 6.07) is 14.8. The van der Waals surface area contributed by atoms with Crippen LogP contribution < -0.4 is 15.2 Å². The predicted octanol–water partition coefficient (Wildman–Crippen LogP) is 5.38.